The molecule has 0 amide bonds. The molecule has 13 nitrogen and oxygen atoms in total. The first-order chi connectivity index (χ1) is 29.6. The molecule has 0 radical (unpaired) electrons. The standard InChI is InChI=1S/C49H68O13/c1-10-27(2)43-30(5)20-21-48(62-43)25-37-23-36(61-48)17-14-29(4)42(28(3)12-11-13-34-26-56-45-41(50)31(6)22-38(47(52)58-37)49(34,45)53)59-40-24-39(55-9)44(32(7)57-40)60-46(51)33-15-18-35(54-8)19-16-33/h11-16,18-19,22,27-28,30,32,36-45,50,53H,10,17,20-21,23-26H2,1-9H3/b12-11+,29-14+,34-13+/t27?,28-,30-,32-,36+,37-,38-,39-,40-,41+,42-,43+,44-,45+,48?,49+/m0/s1. The van der Waals surface area contributed by atoms with Crippen molar-refractivity contribution < 1.29 is 62.4 Å². The predicted octanol–water partition coefficient (Wildman–Crippen LogP) is 6.94. The highest BCUT2D eigenvalue weighted by Gasteiger charge is 2.60. The Morgan fingerprint density at radius 3 is 2.50 bits per heavy atom. The second kappa shape index (κ2) is 19.4. The molecule has 16 atom stereocenters. The highest BCUT2D eigenvalue weighted by atomic mass is 16.7. The van der Waals surface area contributed by atoms with Gasteiger partial charge in [0.2, 0.25) is 0 Å². The van der Waals surface area contributed by atoms with Crippen molar-refractivity contribution in [2.24, 2.45) is 23.7 Å². The van der Waals surface area contributed by atoms with Crippen LogP contribution in [0.15, 0.2) is 71.4 Å². The molecule has 13 heteroatoms. The van der Waals surface area contributed by atoms with Gasteiger partial charge in [0.1, 0.15) is 41.7 Å². The minimum absolute atomic E-state index is 0.0148. The van der Waals surface area contributed by atoms with Crippen LogP contribution in [0.1, 0.15) is 104 Å². The number of allylic oxidation sites excluding steroid dienone is 2. The summed E-state index contributed by atoms with van der Waals surface area (Å²) in [4.78, 5) is 27.6. The summed E-state index contributed by atoms with van der Waals surface area (Å²) in [7, 11) is 3.16. The highest BCUT2D eigenvalue weighted by Crippen LogP contribution is 2.48. The SMILES string of the molecule is CCC(C)[C@H]1OC2(CC[C@@H]1C)C[C@@H]1C[C@@H](C/C=C(\C)[C@@H](O[C@H]3C[C@H](OC)[C@@H](OC(=O)c4ccc(OC)cc4)[C@H](C)O3)[C@@H](C)/C=C/C=C3\CO[C@@H]4[C@H](O)C(C)=C[C@@H](C(=O)O1)[C@]34O)O2. The summed E-state index contributed by atoms with van der Waals surface area (Å²) in [5, 5.41) is 23.7. The molecule has 1 spiro atoms. The fraction of sp³-hybridized carbons (Fsp3) is 0.673. The van der Waals surface area contributed by atoms with Crippen molar-refractivity contribution in [3.63, 3.8) is 0 Å². The summed E-state index contributed by atoms with van der Waals surface area (Å²) in [5.74, 6) is -2.02. The van der Waals surface area contributed by atoms with Crippen molar-refractivity contribution in [2.45, 2.75) is 166 Å². The van der Waals surface area contributed by atoms with E-state index in [0.29, 0.717) is 66.4 Å². The summed E-state index contributed by atoms with van der Waals surface area (Å²) in [5.41, 5.74) is 0.520. The van der Waals surface area contributed by atoms with Gasteiger partial charge in [-0.15, -0.1) is 0 Å². The number of ether oxygens (including phenoxy) is 9. The molecule has 2 bridgehead atoms. The molecule has 0 saturated carbocycles. The molecule has 4 fully saturated rings. The minimum Gasteiger partial charge on any atom is -0.497 e. The van der Waals surface area contributed by atoms with Gasteiger partial charge in [-0.3, -0.25) is 4.79 Å². The maximum Gasteiger partial charge on any atom is 0.338 e. The molecule has 0 aromatic heterocycles. The van der Waals surface area contributed by atoms with Crippen LogP contribution in [0.2, 0.25) is 0 Å². The van der Waals surface area contributed by atoms with E-state index in [4.69, 9.17) is 42.6 Å². The Morgan fingerprint density at radius 1 is 1.03 bits per heavy atom. The third-order valence-electron chi connectivity index (χ3n) is 14.2. The van der Waals surface area contributed by atoms with Crippen molar-refractivity contribution in [3.05, 3.63) is 76.9 Å². The molecule has 62 heavy (non-hydrogen) atoms. The Balaban J connectivity index is 1.18. The minimum atomic E-state index is -1.83. The van der Waals surface area contributed by atoms with E-state index in [0.717, 1.165) is 18.4 Å². The molecule has 2 N–H and O–H groups in total. The summed E-state index contributed by atoms with van der Waals surface area (Å²) >= 11 is 0. The van der Waals surface area contributed by atoms with Gasteiger partial charge in [0.15, 0.2) is 18.2 Å². The lowest BCUT2D eigenvalue weighted by Gasteiger charge is -2.51. The van der Waals surface area contributed by atoms with Gasteiger partial charge in [0.05, 0.1) is 43.7 Å². The fourth-order valence-corrected chi connectivity index (χ4v) is 10.3. The highest BCUT2D eigenvalue weighted by molar-refractivity contribution is 5.89. The van der Waals surface area contributed by atoms with Gasteiger partial charge < -0.3 is 52.8 Å². The van der Waals surface area contributed by atoms with E-state index in [1.807, 2.05) is 32.9 Å². The molecule has 342 valence electrons. The Kier molecular flexibility index (Phi) is 14.6. The third-order valence-corrected chi connectivity index (χ3v) is 14.2. The second-order valence-electron chi connectivity index (χ2n) is 18.6. The lowest BCUT2D eigenvalue weighted by molar-refractivity contribution is -0.340. The van der Waals surface area contributed by atoms with Crippen LogP contribution in [0.4, 0.5) is 0 Å². The van der Waals surface area contributed by atoms with Crippen LogP contribution in [0.3, 0.4) is 0 Å². The summed E-state index contributed by atoms with van der Waals surface area (Å²) in [6.07, 6.45) is 7.56. The molecule has 1 aliphatic carbocycles. The van der Waals surface area contributed by atoms with Crippen molar-refractivity contribution in [2.75, 3.05) is 20.8 Å². The molecule has 1 aromatic rings. The number of hydrogen-bond acceptors (Lipinski definition) is 13. The number of carbonyl (C=O) groups excluding carboxylic acids is 2. The zero-order valence-electron chi connectivity index (χ0n) is 37.8. The Bertz CT molecular complexity index is 1870. The van der Waals surface area contributed by atoms with Gasteiger partial charge >= 0.3 is 11.9 Å². The fourth-order valence-electron chi connectivity index (χ4n) is 10.3. The normalized spacial score (nSPS) is 42.9. The van der Waals surface area contributed by atoms with Crippen LogP contribution in [0.25, 0.3) is 0 Å². The lowest BCUT2D eigenvalue weighted by atomic mass is 9.71. The molecule has 2 unspecified atom stereocenters. The van der Waals surface area contributed by atoms with Gasteiger partial charge in [-0.05, 0) is 86.4 Å². The number of esters is 2. The van der Waals surface area contributed by atoms with E-state index in [1.54, 1.807) is 57.6 Å². The number of hydrogen-bond donors (Lipinski definition) is 2. The van der Waals surface area contributed by atoms with Gasteiger partial charge in [0.25, 0.3) is 0 Å². The zero-order chi connectivity index (χ0) is 44.5. The quantitative estimate of drug-likeness (QED) is 0.205. The van der Waals surface area contributed by atoms with Crippen LogP contribution in [-0.2, 0) is 42.7 Å². The number of rotatable bonds is 8. The number of aliphatic hydroxyl groups excluding tert-OH is 1. The van der Waals surface area contributed by atoms with Gasteiger partial charge in [-0.1, -0.05) is 64.5 Å². The first-order valence-electron chi connectivity index (χ1n) is 22.6. The average Bonchev–Trinajstić information content (AvgIpc) is 3.60. The predicted molar refractivity (Wildman–Crippen MR) is 229 cm³/mol. The molecular formula is C49H68O13. The van der Waals surface area contributed by atoms with Crippen molar-refractivity contribution >= 4 is 11.9 Å². The number of methoxy groups -OCH3 is 2. The first-order valence-corrected chi connectivity index (χ1v) is 22.6. The van der Waals surface area contributed by atoms with Crippen LogP contribution in [0.5, 0.6) is 5.75 Å². The summed E-state index contributed by atoms with van der Waals surface area (Å²) in [6.45, 7) is 14.3. The number of fused-ring (bicyclic) bond motifs is 2. The number of aliphatic hydroxyl groups is 2. The topological polar surface area (TPSA) is 158 Å². The second-order valence-corrected chi connectivity index (χ2v) is 18.6. The molecule has 7 rings (SSSR count). The molecule has 5 aliphatic heterocycles. The largest absolute Gasteiger partial charge is 0.497 e. The van der Waals surface area contributed by atoms with Crippen molar-refractivity contribution in [1.29, 1.82) is 0 Å². The summed E-state index contributed by atoms with van der Waals surface area (Å²) < 4.78 is 56.8. The van der Waals surface area contributed by atoms with Crippen molar-refractivity contribution in [1.82, 2.24) is 0 Å². The van der Waals surface area contributed by atoms with E-state index in [-0.39, 0.29) is 24.7 Å². The zero-order valence-corrected chi connectivity index (χ0v) is 37.8. The molecular weight excluding hydrogens is 797 g/mol. The third kappa shape index (κ3) is 9.52. The summed E-state index contributed by atoms with van der Waals surface area (Å²) in [6, 6.07) is 6.73. The Morgan fingerprint density at radius 2 is 1.79 bits per heavy atom. The first kappa shape index (κ1) is 46.6. The Hall–Kier alpha value is -3.40. The maximum absolute atomic E-state index is 14.4. The van der Waals surface area contributed by atoms with E-state index in [1.165, 1.54) is 0 Å². The number of benzene rings is 1. The maximum atomic E-state index is 14.4. The smallest absolute Gasteiger partial charge is 0.338 e. The van der Waals surface area contributed by atoms with Gasteiger partial charge in [-0.25, -0.2) is 4.79 Å². The average molecular weight is 865 g/mol. The van der Waals surface area contributed by atoms with Crippen LogP contribution in [0, 0.1) is 23.7 Å². The van der Waals surface area contributed by atoms with Gasteiger partial charge in [0, 0.05) is 38.7 Å². The van der Waals surface area contributed by atoms with E-state index in [9.17, 15) is 19.8 Å². The van der Waals surface area contributed by atoms with Crippen LogP contribution in [-0.4, -0.2) is 116 Å². The van der Waals surface area contributed by atoms with Crippen LogP contribution >= 0.6 is 0 Å². The monoisotopic (exact) mass is 864 g/mol. The molecule has 4 saturated heterocycles. The van der Waals surface area contributed by atoms with Crippen LogP contribution < -0.4 is 4.74 Å². The molecule has 5 heterocycles. The molecule has 6 aliphatic rings. The lowest BCUT2D eigenvalue weighted by Crippen LogP contribution is -2.58. The van der Waals surface area contributed by atoms with E-state index in [2.05, 4.69) is 26.8 Å². The van der Waals surface area contributed by atoms with E-state index >= 15 is 0 Å². The molecule has 1 aromatic carbocycles. The van der Waals surface area contributed by atoms with Gasteiger partial charge in [-0.2, -0.15) is 0 Å². The van der Waals surface area contributed by atoms with Crippen molar-refractivity contribution in [3.8, 4) is 5.75 Å². The number of carbonyl (C=O) groups is 2. The Labute approximate surface area is 366 Å². The van der Waals surface area contributed by atoms with E-state index < -0.39 is 78.3 Å².